The van der Waals surface area contributed by atoms with Crippen molar-refractivity contribution in [2.24, 2.45) is 28.0 Å². The molecule has 0 amide bonds. The molecule has 0 saturated carbocycles. The largest absolute Gasteiger partial charge is 0.508 e. The number of carbonyl (C=O) groups is 2. The quantitative estimate of drug-likeness (QED) is 0.0750. The number of hydrogen-bond donors (Lipinski definition) is 3. The zero-order chi connectivity index (χ0) is 55.2. The summed E-state index contributed by atoms with van der Waals surface area (Å²) < 4.78 is 69.7. The van der Waals surface area contributed by atoms with Gasteiger partial charge >= 0.3 is 12.1 Å². The van der Waals surface area contributed by atoms with E-state index in [-0.39, 0.29) is 61.6 Å². The Morgan fingerprint density at radius 1 is 0.933 bits per heavy atom. The van der Waals surface area contributed by atoms with Crippen molar-refractivity contribution in [3.8, 4) is 12.3 Å². The Kier molecular flexibility index (Phi) is 24.4. The molecule has 0 aromatic rings. The Balaban J connectivity index is 1.49. The van der Waals surface area contributed by atoms with Gasteiger partial charge in [-0.2, -0.15) is 10.2 Å². The van der Waals surface area contributed by atoms with Crippen LogP contribution in [0.25, 0.3) is 0 Å². The third-order valence-corrected chi connectivity index (χ3v) is 15.0. The molecule has 0 aromatic heterocycles. The summed E-state index contributed by atoms with van der Waals surface area (Å²) in [5.74, 6) is 1.67. The van der Waals surface area contributed by atoms with Crippen LogP contribution in [-0.2, 0) is 56.9 Å². The van der Waals surface area contributed by atoms with Gasteiger partial charge in [-0.25, -0.2) is 4.79 Å². The highest BCUT2D eigenvalue weighted by Gasteiger charge is 2.53. The lowest BCUT2D eigenvalue weighted by Crippen LogP contribution is -2.66. The number of aliphatic hydroxyl groups is 2. The van der Waals surface area contributed by atoms with E-state index in [1.54, 1.807) is 21.0 Å². The minimum atomic E-state index is -1.56. The first kappa shape index (κ1) is 62.7. The Hall–Kier alpha value is -3.14. The number of terminal acetylenes is 1. The van der Waals surface area contributed by atoms with Gasteiger partial charge in [0.2, 0.25) is 0 Å². The van der Waals surface area contributed by atoms with Crippen molar-refractivity contribution < 1.29 is 71.9 Å². The molecule has 0 bridgehead atoms. The first-order valence-electron chi connectivity index (χ1n) is 27.2. The number of ether oxygens (including phenoxy) is 11. The Morgan fingerprint density at radius 3 is 2.28 bits per heavy atom. The predicted molar refractivity (Wildman–Crippen MR) is 279 cm³/mol. The number of carbonyl (C=O) groups excluding carboxylic acids is 2. The maximum atomic E-state index is 13.8. The van der Waals surface area contributed by atoms with Crippen LogP contribution in [0.2, 0.25) is 0 Å². The average molecular weight is 1060 g/mol. The molecule has 75 heavy (non-hydrogen) atoms. The summed E-state index contributed by atoms with van der Waals surface area (Å²) in [5.41, 5.74) is -1.94. The lowest BCUT2D eigenvalue weighted by molar-refractivity contribution is -0.344. The van der Waals surface area contributed by atoms with Crippen LogP contribution in [0.15, 0.2) is 34.5 Å². The fraction of sp³-hybridized carbons (Fsp3) is 0.855. The summed E-state index contributed by atoms with van der Waals surface area (Å²) in [6, 6.07) is -0.473. The molecule has 0 aliphatic carbocycles. The molecule has 5 aliphatic rings. The number of likely N-dealkylation sites (N-methyl/N-ethyl adjacent to an activating group) is 2. The molecule has 3 N–H and O–H groups in total. The van der Waals surface area contributed by atoms with Crippen LogP contribution in [0.5, 0.6) is 0 Å². The zero-order valence-electron chi connectivity index (χ0n) is 47.3. The molecule has 0 spiro atoms. The third-order valence-electron chi connectivity index (χ3n) is 15.0. The van der Waals surface area contributed by atoms with Gasteiger partial charge in [0, 0.05) is 32.4 Å². The van der Waals surface area contributed by atoms with Crippen molar-refractivity contribution in [3.05, 3.63) is 24.3 Å². The van der Waals surface area contributed by atoms with Crippen LogP contribution in [0.1, 0.15) is 114 Å². The number of allylic oxidation sites excluding steroid dienone is 2. The lowest BCUT2D eigenvalue weighted by atomic mass is 9.82. The third kappa shape index (κ3) is 18.8. The van der Waals surface area contributed by atoms with E-state index < -0.39 is 104 Å². The lowest BCUT2D eigenvalue weighted by Gasteiger charge is -2.50. The number of methoxy groups -OCH3 is 1. The molecule has 2 unspecified atom stereocenters. The van der Waals surface area contributed by atoms with E-state index in [0.29, 0.717) is 32.4 Å². The van der Waals surface area contributed by atoms with Crippen LogP contribution in [0.3, 0.4) is 0 Å². The summed E-state index contributed by atoms with van der Waals surface area (Å²) in [4.78, 5) is 30.4. The molecule has 428 valence electrons. The van der Waals surface area contributed by atoms with Gasteiger partial charge in [0.05, 0.1) is 55.7 Å². The highest BCUT2D eigenvalue weighted by atomic mass is 16.8. The normalized spacial score (nSPS) is 39.7. The van der Waals surface area contributed by atoms with E-state index >= 15 is 0 Å². The number of esters is 1. The van der Waals surface area contributed by atoms with E-state index in [2.05, 4.69) is 60.4 Å². The summed E-state index contributed by atoms with van der Waals surface area (Å²) in [6.07, 6.45) is 5.48. The molecular weight excluding hydrogens is 971 g/mol. The average Bonchev–Trinajstić information content (AvgIpc) is 4.07. The van der Waals surface area contributed by atoms with E-state index in [0.717, 1.165) is 19.3 Å². The van der Waals surface area contributed by atoms with E-state index in [1.165, 1.54) is 0 Å². The Labute approximate surface area is 447 Å². The highest BCUT2D eigenvalue weighted by Crippen LogP contribution is 2.39. The molecule has 5 rings (SSSR count). The molecule has 19 atom stereocenters. The molecular formula is C55H93N5O15. The predicted octanol–water partition coefficient (Wildman–Crippen LogP) is 5.76. The van der Waals surface area contributed by atoms with Gasteiger partial charge in [-0.3, -0.25) is 4.79 Å². The van der Waals surface area contributed by atoms with Gasteiger partial charge in [0.25, 0.3) is 0 Å². The fourth-order valence-corrected chi connectivity index (χ4v) is 10.8. The standard InChI is InChI=1S/C55H93N5O15/c1-16-28-66-42-30-43(61)68-35(5)20-18-17-19-21-41(72-44-23-22-40(59(11)12)36(6)69-44)34(4)29-39(24-26-56-27-25-55(10)57-58-55)49(50(42)65-15)74-52-47(62)46(60(13)14)48(37(7)71-52)73-45-31-54(9,64)51(38(8)70-45)75-53(63)67-32-33(2)3/h1,17-19,21,33-42,44-52,56,62,64H,20,22-32H2,2-15H3/b18-17-,21-19-/t34-,35?,36-,37+,38+,39+,40+,41+,42-,44+,45+,46-,47-,48-,49+,50+,51+,52?,54-/m1/s1. The topological polar surface area (TPSA) is 219 Å². The van der Waals surface area contributed by atoms with Crippen LogP contribution in [0.4, 0.5) is 4.79 Å². The minimum absolute atomic E-state index is 0.0431. The van der Waals surface area contributed by atoms with Crippen LogP contribution in [-0.4, -0.2) is 203 Å². The van der Waals surface area contributed by atoms with Gasteiger partial charge in [-0.15, -0.1) is 6.42 Å². The molecule has 5 heterocycles. The number of hydrogen-bond acceptors (Lipinski definition) is 20. The maximum absolute atomic E-state index is 13.8. The number of nitrogens with zero attached hydrogens (tertiary/aromatic N) is 4. The van der Waals surface area contributed by atoms with Crippen LogP contribution >= 0.6 is 0 Å². The second-order valence-electron chi connectivity index (χ2n) is 22.6. The van der Waals surface area contributed by atoms with Gasteiger partial charge in [-0.1, -0.05) is 51.0 Å². The van der Waals surface area contributed by atoms with Crippen molar-refractivity contribution >= 4 is 12.1 Å². The molecule has 5 aliphatic heterocycles. The van der Waals surface area contributed by atoms with Gasteiger partial charge < -0.3 is 77.4 Å². The van der Waals surface area contributed by atoms with E-state index in [9.17, 15) is 19.8 Å². The van der Waals surface area contributed by atoms with Gasteiger partial charge in [0.1, 0.15) is 36.6 Å². The zero-order valence-corrected chi connectivity index (χ0v) is 47.3. The van der Waals surface area contributed by atoms with Crippen LogP contribution < -0.4 is 5.32 Å². The molecule has 0 aromatic carbocycles. The fourth-order valence-electron chi connectivity index (χ4n) is 10.8. The number of cyclic esters (lactones) is 1. The Bertz CT molecular complexity index is 1890. The Morgan fingerprint density at radius 2 is 1.65 bits per heavy atom. The van der Waals surface area contributed by atoms with E-state index in [4.69, 9.17) is 58.5 Å². The van der Waals surface area contributed by atoms with Crippen molar-refractivity contribution in [1.82, 2.24) is 15.1 Å². The van der Waals surface area contributed by atoms with E-state index in [1.807, 2.05) is 71.8 Å². The molecule has 20 heteroatoms. The van der Waals surface area contributed by atoms with Crippen molar-refractivity contribution in [2.75, 3.05) is 61.6 Å². The van der Waals surface area contributed by atoms with Crippen molar-refractivity contribution in [3.63, 3.8) is 0 Å². The summed E-state index contributed by atoms with van der Waals surface area (Å²) in [5, 5.41) is 36.2. The second kappa shape index (κ2) is 29.2. The van der Waals surface area contributed by atoms with Gasteiger partial charge in [-0.05, 0) is 126 Å². The smallest absolute Gasteiger partial charge is 0.462 e. The highest BCUT2D eigenvalue weighted by molar-refractivity contribution is 5.70. The summed E-state index contributed by atoms with van der Waals surface area (Å²) in [7, 11) is 9.33. The van der Waals surface area contributed by atoms with Crippen molar-refractivity contribution in [2.45, 2.75) is 223 Å². The molecule has 3 saturated heterocycles. The molecule has 3 fully saturated rings. The number of aliphatic hydroxyl groups excluding tert-OH is 1. The van der Waals surface area contributed by atoms with Gasteiger partial charge in [0.15, 0.2) is 30.6 Å². The second-order valence-corrected chi connectivity index (χ2v) is 22.6. The molecule has 0 radical (unpaired) electrons. The number of nitrogens with one attached hydrogen (secondary N) is 1. The SMILES string of the molecule is C#CCO[C@@H]1CC(=O)OC(C)C/C=C\C=C/[C@H](O[C@H]2CC[C@H](N(C)C)[C@@H](C)O2)[C@H](C)C[C@H](CCNCCC2(C)N=N2)[C@H](OC2O[C@@H](C)[C@@H](O[C@H]3C[C@@](C)(O)[C@@H](OC(=O)OCC(C)C)[C@H](C)O3)[C@H](N(C)C)[C@H]2O)[C@H]1OC. The molecule has 20 nitrogen and oxygen atoms in total. The number of rotatable bonds is 20. The first-order valence-corrected chi connectivity index (χ1v) is 27.2. The summed E-state index contributed by atoms with van der Waals surface area (Å²) >= 11 is 0. The maximum Gasteiger partial charge on any atom is 0.508 e. The van der Waals surface area contributed by atoms with Crippen LogP contribution in [0, 0.1) is 30.1 Å². The first-order chi connectivity index (χ1) is 35.4. The minimum Gasteiger partial charge on any atom is -0.462 e. The van der Waals surface area contributed by atoms with Crippen molar-refractivity contribution in [1.29, 1.82) is 0 Å². The monoisotopic (exact) mass is 1060 g/mol. The summed E-state index contributed by atoms with van der Waals surface area (Å²) in [6.45, 7) is 18.2.